The molecule has 2 aliphatic rings. The lowest BCUT2D eigenvalue weighted by molar-refractivity contribution is -0.138. The molecule has 4 atom stereocenters. The van der Waals surface area contributed by atoms with E-state index in [0.717, 1.165) is 38.6 Å². The zero-order valence-corrected chi connectivity index (χ0v) is 11.9. The molecule has 1 N–H and O–H groups in total. The molecule has 4 unspecified atom stereocenters. The van der Waals surface area contributed by atoms with E-state index in [1.807, 2.05) is 6.92 Å². The highest BCUT2D eigenvalue weighted by Crippen LogP contribution is 2.36. The molecular formula is C15H27NO2. The summed E-state index contributed by atoms with van der Waals surface area (Å²) in [7, 11) is 0. The molecule has 2 fully saturated rings. The third kappa shape index (κ3) is 2.56. The molecule has 1 aliphatic carbocycles. The number of carbonyl (C=O) groups excluding carboxylic acids is 1. The summed E-state index contributed by atoms with van der Waals surface area (Å²) in [5.41, 5.74) is 0. The van der Waals surface area contributed by atoms with Gasteiger partial charge < -0.3 is 10.0 Å². The lowest BCUT2D eigenvalue weighted by Crippen LogP contribution is -2.45. The Labute approximate surface area is 111 Å². The molecule has 1 saturated carbocycles. The zero-order chi connectivity index (χ0) is 13.3. The van der Waals surface area contributed by atoms with Gasteiger partial charge in [0.05, 0.1) is 6.10 Å². The third-order valence-electron chi connectivity index (χ3n) is 5.00. The Bertz CT molecular complexity index is 303. The topological polar surface area (TPSA) is 40.5 Å². The molecule has 104 valence electrons. The smallest absolute Gasteiger partial charge is 0.225 e. The fourth-order valence-corrected chi connectivity index (χ4v) is 3.48. The maximum Gasteiger partial charge on any atom is 0.225 e. The fourth-order valence-electron chi connectivity index (χ4n) is 3.48. The van der Waals surface area contributed by atoms with E-state index in [1.54, 1.807) is 0 Å². The van der Waals surface area contributed by atoms with Crippen LogP contribution in [0.25, 0.3) is 0 Å². The first kappa shape index (κ1) is 13.9. The van der Waals surface area contributed by atoms with Gasteiger partial charge in [0.1, 0.15) is 0 Å². The number of likely N-dealkylation sites (tertiary alicyclic amines) is 1. The number of aliphatic hydroxyl groups is 1. The van der Waals surface area contributed by atoms with Crippen molar-refractivity contribution in [3.63, 3.8) is 0 Å². The van der Waals surface area contributed by atoms with Gasteiger partial charge in [0.25, 0.3) is 0 Å². The van der Waals surface area contributed by atoms with Crippen molar-refractivity contribution in [1.29, 1.82) is 0 Å². The van der Waals surface area contributed by atoms with E-state index < -0.39 is 0 Å². The second kappa shape index (κ2) is 5.60. The number of carbonyl (C=O) groups is 1. The first-order chi connectivity index (χ1) is 8.52. The van der Waals surface area contributed by atoms with Gasteiger partial charge in [0.2, 0.25) is 5.91 Å². The van der Waals surface area contributed by atoms with E-state index in [9.17, 15) is 9.90 Å². The van der Waals surface area contributed by atoms with E-state index in [0.29, 0.717) is 23.8 Å². The molecule has 0 aromatic rings. The van der Waals surface area contributed by atoms with Gasteiger partial charge in [0.15, 0.2) is 0 Å². The van der Waals surface area contributed by atoms with Gasteiger partial charge >= 0.3 is 0 Å². The quantitative estimate of drug-likeness (QED) is 0.839. The Morgan fingerprint density at radius 3 is 2.44 bits per heavy atom. The highest BCUT2D eigenvalue weighted by molar-refractivity contribution is 5.79. The summed E-state index contributed by atoms with van der Waals surface area (Å²) in [4.78, 5) is 14.6. The molecular weight excluding hydrogens is 226 g/mol. The standard InChI is InChI=1S/C15H27NO2/c1-10(2)11(3)15(18)16-9-5-7-13(16)12-6-4-8-14(12)17/h10-14,17H,4-9H2,1-3H3. The molecule has 18 heavy (non-hydrogen) atoms. The van der Waals surface area contributed by atoms with Crippen molar-refractivity contribution in [2.24, 2.45) is 17.8 Å². The highest BCUT2D eigenvalue weighted by Gasteiger charge is 2.41. The Morgan fingerprint density at radius 1 is 1.17 bits per heavy atom. The number of rotatable bonds is 3. The lowest BCUT2D eigenvalue weighted by Gasteiger charge is -2.33. The van der Waals surface area contributed by atoms with Crippen LogP contribution in [-0.2, 0) is 4.79 Å². The molecule has 2 rings (SSSR count). The minimum atomic E-state index is -0.183. The number of hydrogen-bond donors (Lipinski definition) is 1. The Kier molecular flexibility index (Phi) is 4.31. The minimum Gasteiger partial charge on any atom is -0.393 e. The molecule has 3 nitrogen and oxygen atoms in total. The Morgan fingerprint density at radius 2 is 1.89 bits per heavy atom. The first-order valence-corrected chi connectivity index (χ1v) is 7.51. The number of hydrogen-bond acceptors (Lipinski definition) is 2. The predicted octanol–water partition coefficient (Wildman–Crippen LogP) is 2.43. The third-order valence-corrected chi connectivity index (χ3v) is 5.00. The van der Waals surface area contributed by atoms with Crippen LogP contribution in [0.3, 0.4) is 0 Å². The molecule has 1 heterocycles. The summed E-state index contributed by atoms with van der Waals surface area (Å²) in [5, 5.41) is 10.1. The molecule has 3 heteroatoms. The maximum atomic E-state index is 12.5. The highest BCUT2D eigenvalue weighted by atomic mass is 16.3. The van der Waals surface area contributed by atoms with Crippen LogP contribution < -0.4 is 0 Å². The van der Waals surface area contributed by atoms with Gasteiger partial charge in [0, 0.05) is 24.4 Å². The summed E-state index contributed by atoms with van der Waals surface area (Å²) in [6.07, 6.45) is 5.12. The molecule has 0 bridgehead atoms. The maximum absolute atomic E-state index is 12.5. The van der Waals surface area contributed by atoms with E-state index in [1.165, 1.54) is 0 Å². The zero-order valence-electron chi connectivity index (χ0n) is 11.9. The Hall–Kier alpha value is -0.570. The Balaban J connectivity index is 2.05. The summed E-state index contributed by atoms with van der Waals surface area (Å²) in [5.74, 6) is 1.12. The average molecular weight is 253 g/mol. The van der Waals surface area contributed by atoms with Crippen molar-refractivity contribution in [3.05, 3.63) is 0 Å². The predicted molar refractivity (Wildman–Crippen MR) is 72.1 cm³/mol. The van der Waals surface area contributed by atoms with Gasteiger partial charge in [-0.1, -0.05) is 27.2 Å². The molecule has 0 spiro atoms. The van der Waals surface area contributed by atoms with E-state index in [-0.39, 0.29) is 12.0 Å². The molecule has 1 saturated heterocycles. The van der Waals surface area contributed by atoms with Gasteiger partial charge in [-0.25, -0.2) is 0 Å². The largest absolute Gasteiger partial charge is 0.393 e. The van der Waals surface area contributed by atoms with Crippen LogP contribution in [0.1, 0.15) is 52.9 Å². The summed E-state index contributed by atoms with van der Waals surface area (Å²) >= 11 is 0. The van der Waals surface area contributed by atoms with Crippen LogP contribution >= 0.6 is 0 Å². The van der Waals surface area contributed by atoms with Crippen molar-refractivity contribution < 1.29 is 9.90 Å². The van der Waals surface area contributed by atoms with Crippen LogP contribution in [-0.4, -0.2) is 34.6 Å². The normalized spacial score (nSPS) is 34.3. The molecule has 1 amide bonds. The second-order valence-electron chi connectivity index (χ2n) is 6.44. The van der Waals surface area contributed by atoms with E-state index in [2.05, 4.69) is 18.7 Å². The van der Waals surface area contributed by atoms with Gasteiger partial charge in [-0.05, 0) is 31.6 Å². The molecule has 0 radical (unpaired) electrons. The number of nitrogens with zero attached hydrogens (tertiary/aromatic N) is 1. The van der Waals surface area contributed by atoms with Gasteiger partial charge in [-0.3, -0.25) is 4.79 Å². The number of amides is 1. The van der Waals surface area contributed by atoms with Crippen LogP contribution in [0.15, 0.2) is 0 Å². The molecule has 0 aromatic heterocycles. The van der Waals surface area contributed by atoms with Crippen molar-refractivity contribution in [2.45, 2.75) is 65.0 Å². The van der Waals surface area contributed by atoms with Crippen molar-refractivity contribution in [2.75, 3.05) is 6.54 Å². The van der Waals surface area contributed by atoms with Crippen LogP contribution in [0, 0.1) is 17.8 Å². The van der Waals surface area contributed by atoms with Gasteiger partial charge in [-0.2, -0.15) is 0 Å². The van der Waals surface area contributed by atoms with E-state index >= 15 is 0 Å². The van der Waals surface area contributed by atoms with Crippen LogP contribution in [0.4, 0.5) is 0 Å². The molecule has 0 aromatic carbocycles. The van der Waals surface area contributed by atoms with Crippen LogP contribution in [0.2, 0.25) is 0 Å². The van der Waals surface area contributed by atoms with Crippen LogP contribution in [0.5, 0.6) is 0 Å². The van der Waals surface area contributed by atoms with Crippen molar-refractivity contribution in [3.8, 4) is 0 Å². The van der Waals surface area contributed by atoms with Crippen molar-refractivity contribution in [1.82, 2.24) is 4.90 Å². The first-order valence-electron chi connectivity index (χ1n) is 7.51. The van der Waals surface area contributed by atoms with E-state index in [4.69, 9.17) is 0 Å². The summed E-state index contributed by atoms with van der Waals surface area (Å²) < 4.78 is 0. The SMILES string of the molecule is CC(C)C(C)C(=O)N1CCCC1C1CCCC1O. The summed E-state index contributed by atoms with van der Waals surface area (Å²) in [6.45, 7) is 7.15. The average Bonchev–Trinajstić information content (AvgIpc) is 2.94. The van der Waals surface area contributed by atoms with Crippen molar-refractivity contribution >= 4 is 5.91 Å². The number of aliphatic hydroxyl groups excluding tert-OH is 1. The minimum absolute atomic E-state index is 0.101. The lowest BCUT2D eigenvalue weighted by atomic mass is 9.91. The van der Waals surface area contributed by atoms with Gasteiger partial charge in [-0.15, -0.1) is 0 Å². The molecule has 1 aliphatic heterocycles. The second-order valence-corrected chi connectivity index (χ2v) is 6.44. The fraction of sp³-hybridized carbons (Fsp3) is 0.933. The monoisotopic (exact) mass is 253 g/mol. The summed E-state index contributed by atoms with van der Waals surface area (Å²) in [6, 6.07) is 0.302.